The Morgan fingerprint density at radius 3 is 1.71 bits per heavy atom. The zero-order valence-corrected chi connectivity index (χ0v) is 17.3. The van der Waals surface area contributed by atoms with E-state index in [1.54, 1.807) is 0 Å². The van der Waals surface area contributed by atoms with Crippen molar-refractivity contribution in [2.45, 2.75) is 65.2 Å². The van der Waals surface area contributed by atoms with Crippen LogP contribution in [0.25, 0.3) is 0 Å². The van der Waals surface area contributed by atoms with Crippen molar-refractivity contribution in [3.8, 4) is 0 Å². The van der Waals surface area contributed by atoms with Crippen molar-refractivity contribution in [3.63, 3.8) is 0 Å². The molecule has 0 aromatic heterocycles. The largest absolute Gasteiger partial charge is 0.441 e. The quantitative estimate of drug-likeness (QED) is 0.676. The van der Waals surface area contributed by atoms with Crippen molar-refractivity contribution in [2.24, 2.45) is 0 Å². The maximum Gasteiger partial charge on any atom is 0.312 e. The molecule has 0 aromatic rings. The lowest BCUT2D eigenvalue weighted by Crippen LogP contribution is -2.50. The summed E-state index contributed by atoms with van der Waals surface area (Å²) in [5.41, 5.74) is 0.516. The predicted molar refractivity (Wildman–Crippen MR) is 85.2 cm³/mol. The summed E-state index contributed by atoms with van der Waals surface area (Å²) in [6, 6.07) is 0. The molecule has 17 heavy (non-hydrogen) atoms. The van der Waals surface area contributed by atoms with E-state index in [0.717, 1.165) is 0 Å². The van der Waals surface area contributed by atoms with Crippen molar-refractivity contribution in [3.05, 3.63) is 0 Å². The Morgan fingerprint density at radius 1 is 0.941 bits per heavy atom. The van der Waals surface area contributed by atoms with Gasteiger partial charge in [0.05, 0.1) is 0 Å². The van der Waals surface area contributed by atoms with Gasteiger partial charge in [0, 0.05) is 0 Å². The van der Waals surface area contributed by atoms with Gasteiger partial charge in [0.15, 0.2) is 17.4 Å². The van der Waals surface area contributed by atoms with Crippen molar-refractivity contribution < 1.29 is 12.3 Å². The number of hydrogen-bond acceptors (Lipinski definition) is 3. The monoisotopic (exact) mass is 310 g/mol. The first kappa shape index (κ1) is 17.7. The van der Waals surface area contributed by atoms with E-state index in [1.165, 1.54) is 0 Å². The minimum absolute atomic E-state index is 0.516. The van der Waals surface area contributed by atoms with Crippen LogP contribution in [0.4, 0.5) is 0 Å². The average molecular weight is 311 g/mol. The van der Waals surface area contributed by atoms with E-state index < -0.39 is 35.2 Å². The second kappa shape index (κ2) is 6.78. The Morgan fingerprint density at radius 2 is 1.41 bits per heavy atom. The molecule has 0 aromatic carbocycles. The molecule has 0 aliphatic rings. The third kappa shape index (κ3) is 9.34. The number of rotatable bonds is 7. The van der Waals surface area contributed by atoms with Crippen LogP contribution in [0.3, 0.4) is 0 Å². The van der Waals surface area contributed by atoms with Gasteiger partial charge in [-0.1, -0.05) is 13.8 Å². The summed E-state index contributed by atoms with van der Waals surface area (Å²) >= 11 is 0. The maximum absolute atomic E-state index is 6.29. The molecule has 104 valence electrons. The van der Waals surface area contributed by atoms with Gasteiger partial charge in [-0.05, 0) is 51.4 Å². The smallest absolute Gasteiger partial charge is 0.312 e. The molecule has 1 atom stereocenters. The zero-order chi connectivity index (χ0) is 13.9. The summed E-state index contributed by atoms with van der Waals surface area (Å²) in [5.74, 6) is 0. The predicted octanol–water partition coefficient (Wildman–Crippen LogP) is 3.19. The molecule has 0 N–H and O–H groups in total. The molecule has 0 aliphatic carbocycles. The summed E-state index contributed by atoms with van der Waals surface area (Å²) in [6.45, 7) is 19.8. The Hall–Kier alpha value is 0.748. The second-order valence-corrected chi connectivity index (χ2v) is 20.6. The summed E-state index contributed by atoms with van der Waals surface area (Å²) in [4.78, 5) is 0. The third-order valence-electron chi connectivity index (χ3n) is 1.90. The summed E-state index contributed by atoms with van der Waals surface area (Å²) in [6.07, 6.45) is 0. The molecule has 0 saturated heterocycles. The topological polar surface area (TPSA) is 27.7 Å². The molecule has 0 fully saturated rings. The van der Waals surface area contributed by atoms with Gasteiger partial charge in [0.1, 0.15) is 0 Å². The van der Waals surface area contributed by atoms with Crippen LogP contribution in [0.2, 0.25) is 51.4 Å². The minimum atomic E-state index is -2.01. The van der Waals surface area contributed by atoms with Gasteiger partial charge < -0.3 is 12.3 Å². The summed E-state index contributed by atoms with van der Waals surface area (Å²) in [5, 5.41) is 0. The van der Waals surface area contributed by atoms with Crippen molar-refractivity contribution >= 4 is 35.2 Å². The van der Waals surface area contributed by atoms with E-state index in [0.29, 0.717) is 5.54 Å². The van der Waals surface area contributed by atoms with Gasteiger partial charge in [0.2, 0.25) is 0 Å². The van der Waals surface area contributed by atoms with Crippen LogP contribution < -0.4 is 0 Å². The Labute approximate surface area is 113 Å². The normalized spacial score (nSPS) is 15.7. The highest BCUT2D eigenvalue weighted by atomic mass is 28.5. The van der Waals surface area contributed by atoms with Crippen LogP contribution in [-0.4, -0.2) is 35.2 Å². The third-order valence-corrected chi connectivity index (χ3v) is 13.9. The molecule has 1 unspecified atom stereocenters. The molecule has 0 bridgehead atoms. The van der Waals surface area contributed by atoms with Gasteiger partial charge >= 0.3 is 17.8 Å². The molecular formula is C10H30O3Si4. The lowest BCUT2D eigenvalue weighted by molar-refractivity contribution is 0.343. The van der Waals surface area contributed by atoms with E-state index in [9.17, 15) is 0 Å². The van der Waals surface area contributed by atoms with Crippen molar-refractivity contribution in [1.29, 1.82) is 0 Å². The van der Waals surface area contributed by atoms with Gasteiger partial charge in [-0.25, -0.2) is 0 Å². The van der Waals surface area contributed by atoms with E-state index in [2.05, 4.69) is 59.7 Å². The Balaban J connectivity index is 4.52. The molecular weight excluding hydrogens is 280 g/mol. The highest BCUT2D eigenvalue weighted by Crippen LogP contribution is 2.21. The van der Waals surface area contributed by atoms with Crippen molar-refractivity contribution in [2.75, 3.05) is 0 Å². The molecule has 0 saturated carbocycles. The Bertz CT molecular complexity index is 226. The van der Waals surface area contributed by atoms with E-state index in [4.69, 9.17) is 12.3 Å². The van der Waals surface area contributed by atoms with E-state index in [1.807, 2.05) is 0 Å². The van der Waals surface area contributed by atoms with Gasteiger partial charge in [-0.15, -0.1) is 0 Å². The molecule has 7 heteroatoms. The maximum atomic E-state index is 6.29. The standard InChI is InChI=1S/C10H30O3Si4/c1-10(2)15(11-14(3)4)12-17(8,9)13-16(5,6)7/h10,14-15H,1-9H3. The first-order valence-electron chi connectivity index (χ1n) is 6.46. The molecule has 0 heterocycles. The fourth-order valence-electron chi connectivity index (χ4n) is 1.63. The van der Waals surface area contributed by atoms with Crippen LogP contribution in [0.1, 0.15) is 13.8 Å². The number of hydrogen-bond donors (Lipinski definition) is 0. The molecule has 0 aliphatic heterocycles. The first-order chi connectivity index (χ1) is 7.43. The van der Waals surface area contributed by atoms with Gasteiger partial charge in [0.25, 0.3) is 0 Å². The fraction of sp³-hybridized carbons (Fsp3) is 1.00. The Kier molecular flexibility index (Phi) is 7.08. The van der Waals surface area contributed by atoms with E-state index >= 15 is 0 Å². The minimum Gasteiger partial charge on any atom is -0.441 e. The summed E-state index contributed by atoms with van der Waals surface area (Å²) in [7, 11) is -6.10. The lowest BCUT2D eigenvalue weighted by atomic mass is 10.6. The van der Waals surface area contributed by atoms with Crippen LogP contribution >= 0.6 is 0 Å². The molecule has 0 amide bonds. The molecule has 0 spiro atoms. The van der Waals surface area contributed by atoms with Crippen LogP contribution in [-0.2, 0) is 12.3 Å². The fourth-order valence-corrected chi connectivity index (χ4v) is 15.6. The van der Waals surface area contributed by atoms with Gasteiger partial charge in [-0.2, -0.15) is 0 Å². The van der Waals surface area contributed by atoms with Gasteiger partial charge in [-0.3, -0.25) is 0 Å². The average Bonchev–Trinajstić information content (AvgIpc) is 1.95. The first-order valence-corrected chi connectivity index (χ1v) is 17.1. The lowest BCUT2D eigenvalue weighted by Gasteiger charge is -2.35. The van der Waals surface area contributed by atoms with E-state index in [-0.39, 0.29) is 0 Å². The van der Waals surface area contributed by atoms with Crippen molar-refractivity contribution in [1.82, 2.24) is 0 Å². The molecule has 0 rings (SSSR count). The highest BCUT2D eigenvalue weighted by Gasteiger charge is 2.36. The molecule has 0 radical (unpaired) electrons. The molecule has 3 nitrogen and oxygen atoms in total. The second-order valence-electron chi connectivity index (χ2n) is 6.53. The highest BCUT2D eigenvalue weighted by molar-refractivity contribution is 6.84. The van der Waals surface area contributed by atoms with Crippen LogP contribution in [0.15, 0.2) is 0 Å². The van der Waals surface area contributed by atoms with Crippen LogP contribution in [0.5, 0.6) is 0 Å². The van der Waals surface area contributed by atoms with Crippen LogP contribution in [0, 0.1) is 0 Å². The SMILES string of the molecule is CC(C)[SiH](O[SiH](C)C)O[Si](C)(C)O[Si](C)(C)C. The zero-order valence-electron chi connectivity index (χ0n) is 13.0. The summed E-state index contributed by atoms with van der Waals surface area (Å²) < 4.78 is 18.6.